The van der Waals surface area contributed by atoms with Gasteiger partial charge >= 0.3 is 0 Å². The van der Waals surface area contributed by atoms with E-state index in [1.165, 1.54) is 18.2 Å². The molecule has 0 radical (unpaired) electrons. The average Bonchev–Trinajstić information content (AvgIpc) is 2.69. The van der Waals surface area contributed by atoms with Crippen LogP contribution in [0.15, 0.2) is 53.5 Å². The van der Waals surface area contributed by atoms with Gasteiger partial charge in [-0.15, -0.1) is 0 Å². The maximum absolute atomic E-state index is 13.4. The van der Waals surface area contributed by atoms with Gasteiger partial charge in [-0.25, -0.2) is 19.4 Å². The molecule has 1 aromatic heterocycles. The first-order valence-corrected chi connectivity index (χ1v) is 10.4. The Bertz CT molecular complexity index is 1100. The molecule has 0 fully saturated rings. The smallest absolute Gasteiger partial charge is 0.229 e. The molecule has 0 bridgehead atoms. The number of aromatic nitrogens is 2. The summed E-state index contributed by atoms with van der Waals surface area (Å²) in [6.07, 6.45) is 0. The van der Waals surface area contributed by atoms with E-state index in [4.69, 9.17) is 35.4 Å². The van der Waals surface area contributed by atoms with Gasteiger partial charge in [-0.05, 0) is 68.0 Å². The van der Waals surface area contributed by atoms with Crippen LogP contribution in [0.2, 0.25) is 10.0 Å². The molecule has 0 aliphatic heterocycles. The molecule has 3 N–H and O–H groups in total. The molecule has 2 aromatic carbocycles. The van der Waals surface area contributed by atoms with E-state index in [0.717, 1.165) is 17.0 Å². The Morgan fingerprint density at radius 1 is 1.00 bits per heavy atom. The fraction of sp³-hybridized carbons (Fsp3) is 0.143. The van der Waals surface area contributed by atoms with Crippen molar-refractivity contribution in [2.45, 2.75) is 20.4 Å². The van der Waals surface area contributed by atoms with Crippen molar-refractivity contribution in [3.63, 3.8) is 0 Å². The number of halogens is 3. The normalized spacial score (nSPS) is 11.2. The second-order valence-electron chi connectivity index (χ2n) is 6.60. The summed E-state index contributed by atoms with van der Waals surface area (Å²) in [6, 6.07) is 13.4. The first kappa shape index (κ1) is 22.9. The molecule has 0 aliphatic carbocycles. The highest BCUT2D eigenvalue weighted by Crippen LogP contribution is 2.19. The highest BCUT2D eigenvalue weighted by atomic mass is 35.5. The molecule has 31 heavy (non-hydrogen) atoms. The summed E-state index contributed by atoms with van der Waals surface area (Å²) < 4.78 is 13.4. The lowest BCUT2D eigenvalue weighted by Gasteiger charge is -2.14. The van der Waals surface area contributed by atoms with Crippen molar-refractivity contribution in [3.8, 4) is 0 Å². The number of aliphatic imine (C=N–C) groups is 1. The molecule has 0 spiro atoms. The summed E-state index contributed by atoms with van der Waals surface area (Å²) in [6.45, 7) is 4.12. The fourth-order valence-electron chi connectivity index (χ4n) is 2.60. The largest absolute Gasteiger partial charge is 0.332 e. The summed E-state index contributed by atoms with van der Waals surface area (Å²) in [5, 5.41) is 9.86. The van der Waals surface area contributed by atoms with Crippen molar-refractivity contribution in [1.29, 1.82) is 0 Å². The molecule has 0 atom stereocenters. The molecule has 1 heterocycles. The maximum atomic E-state index is 13.4. The third-order valence-electron chi connectivity index (χ3n) is 3.95. The van der Waals surface area contributed by atoms with Crippen molar-refractivity contribution < 1.29 is 4.39 Å². The molecule has 0 aliphatic rings. The molecular weight excluding hydrogens is 458 g/mol. The van der Waals surface area contributed by atoms with Gasteiger partial charge in [0.2, 0.25) is 11.9 Å². The maximum Gasteiger partial charge on any atom is 0.229 e. The van der Waals surface area contributed by atoms with Crippen LogP contribution >= 0.6 is 35.4 Å². The molecule has 0 saturated carbocycles. The molecular formula is C21H19Cl2FN6S. The summed E-state index contributed by atoms with van der Waals surface area (Å²) in [5.41, 5.74) is 3.11. The van der Waals surface area contributed by atoms with Gasteiger partial charge in [0.1, 0.15) is 5.82 Å². The van der Waals surface area contributed by atoms with Crippen molar-refractivity contribution in [2.75, 3.05) is 10.6 Å². The van der Waals surface area contributed by atoms with Gasteiger partial charge in [-0.3, -0.25) is 5.32 Å². The number of guanidine groups is 1. The highest BCUT2D eigenvalue weighted by molar-refractivity contribution is 7.80. The topological polar surface area (TPSA) is 74.2 Å². The predicted octanol–water partition coefficient (Wildman–Crippen LogP) is 5.49. The molecule has 6 nitrogen and oxygen atoms in total. The van der Waals surface area contributed by atoms with Gasteiger partial charge in [0.05, 0.1) is 11.6 Å². The Morgan fingerprint density at radius 2 is 1.68 bits per heavy atom. The monoisotopic (exact) mass is 476 g/mol. The Hall–Kier alpha value is -2.81. The zero-order chi connectivity index (χ0) is 22.4. The van der Waals surface area contributed by atoms with E-state index in [9.17, 15) is 4.39 Å². The number of benzene rings is 2. The van der Waals surface area contributed by atoms with Crippen molar-refractivity contribution in [3.05, 3.63) is 81.3 Å². The van der Waals surface area contributed by atoms with E-state index in [1.807, 2.05) is 32.0 Å². The third-order valence-corrected chi connectivity index (χ3v) is 4.70. The lowest BCUT2D eigenvalue weighted by atomic mass is 10.2. The van der Waals surface area contributed by atoms with Crippen LogP contribution in [0.3, 0.4) is 0 Å². The van der Waals surface area contributed by atoms with E-state index < -0.39 is 5.82 Å². The zero-order valence-electron chi connectivity index (χ0n) is 16.7. The standard InChI is InChI=1S/C21H19Cl2FN6S/c1-12-9-13(2)27-20(26-12)29-19(25-11-14-3-5-15(22)6-4-14)30-21(31)28-16-7-8-18(24)17(23)10-16/h3-10H,11H2,1-2H3,(H3,25,26,27,28,29,30,31). The van der Waals surface area contributed by atoms with E-state index in [2.05, 4.69) is 30.9 Å². The highest BCUT2D eigenvalue weighted by Gasteiger charge is 2.08. The van der Waals surface area contributed by atoms with E-state index >= 15 is 0 Å². The number of nitrogens with one attached hydrogen (secondary N) is 3. The van der Waals surface area contributed by atoms with Crippen molar-refractivity contribution in [2.24, 2.45) is 4.99 Å². The van der Waals surface area contributed by atoms with E-state index in [-0.39, 0.29) is 10.1 Å². The third kappa shape index (κ3) is 7.13. The van der Waals surface area contributed by atoms with Crippen LogP contribution in [0.1, 0.15) is 17.0 Å². The lowest BCUT2D eigenvalue weighted by molar-refractivity contribution is 0.628. The lowest BCUT2D eigenvalue weighted by Crippen LogP contribution is -2.39. The quantitative estimate of drug-likeness (QED) is 0.262. The zero-order valence-corrected chi connectivity index (χ0v) is 19.0. The Morgan fingerprint density at radius 3 is 2.32 bits per heavy atom. The Labute approximate surface area is 194 Å². The number of aryl methyl sites for hydroxylation is 2. The van der Waals surface area contributed by atoms with Crippen LogP contribution in [0.5, 0.6) is 0 Å². The van der Waals surface area contributed by atoms with Gasteiger partial charge < -0.3 is 10.6 Å². The summed E-state index contributed by atoms with van der Waals surface area (Å²) >= 11 is 17.1. The number of hydrogen-bond acceptors (Lipinski definition) is 4. The van der Waals surface area contributed by atoms with Gasteiger partial charge in [0.15, 0.2) is 5.11 Å². The summed E-state index contributed by atoms with van der Waals surface area (Å²) in [7, 11) is 0. The SMILES string of the molecule is Cc1cc(C)nc(NC(=NCc2ccc(Cl)cc2)NC(=S)Nc2ccc(F)c(Cl)c2)n1. The Kier molecular flexibility index (Phi) is 7.73. The molecule has 3 rings (SSSR count). The van der Waals surface area contributed by atoms with Crippen LogP contribution in [0, 0.1) is 19.7 Å². The summed E-state index contributed by atoms with van der Waals surface area (Å²) in [4.78, 5) is 13.3. The van der Waals surface area contributed by atoms with Crippen LogP contribution in [-0.4, -0.2) is 21.0 Å². The molecule has 0 amide bonds. The number of hydrogen-bond donors (Lipinski definition) is 3. The van der Waals surface area contributed by atoms with Gasteiger partial charge in [-0.2, -0.15) is 0 Å². The van der Waals surface area contributed by atoms with Crippen LogP contribution in [-0.2, 0) is 6.54 Å². The van der Waals surface area contributed by atoms with Crippen LogP contribution in [0.4, 0.5) is 16.0 Å². The molecule has 0 saturated heterocycles. The van der Waals surface area contributed by atoms with Gasteiger partial charge in [-0.1, -0.05) is 35.3 Å². The average molecular weight is 477 g/mol. The van der Waals surface area contributed by atoms with Crippen molar-refractivity contribution in [1.82, 2.24) is 15.3 Å². The first-order valence-electron chi connectivity index (χ1n) is 9.20. The summed E-state index contributed by atoms with van der Waals surface area (Å²) in [5.74, 6) is 0.211. The minimum atomic E-state index is -0.509. The molecule has 160 valence electrons. The second kappa shape index (κ2) is 10.5. The fourth-order valence-corrected chi connectivity index (χ4v) is 3.12. The van der Waals surface area contributed by atoms with Gasteiger partial charge in [0, 0.05) is 22.1 Å². The van der Waals surface area contributed by atoms with E-state index in [0.29, 0.717) is 29.2 Å². The number of anilines is 2. The Balaban J connectivity index is 1.77. The predicted molar refractivity (Wildman–Crippen MR) is 128 cm³/mol. The number of thiocarbonyl (C=S) groups is 1. The van der Waals surface area contributed by atoms with Crippen LogP contribution < -0.4 is 16.0 Å². The molecule has 10 heteroatoms. The van der Waals surface area contributed by atoms with Gasteiger partial charge in [0.25, 0.3) is 0 Å². The van der Waals surface area contributed by atoms with Crippen molar-refractivity contribution >= 4 is 58.1 Å². The van der Waals surface area contributed by atoms with Crippen LogP contribution in [0.25, 0.3) is 0 Å². The first-order chi connectivity index (χ1) is 14.8. The second-order valence-corrected chi connectivity index (χ2v) is 7.85. The number of nitrogens with zero attached hydrogens (tertiary/aromatic N) is 3. The molecule has 3 aromatic rings. The minimum absolute atomic E-state index is 0.00816. The number of rotatable bonds is 4. The van der Waals surface area contributed by atoms with E-state index in [1.54, 1.807) is 12.1 Å². The minimum Gasteiger partial charge on any atom is -0.332 e. The molecule has 0 unspecified atom stereocenters.